The molecule has 0 spiro atoms. The van der Waals surface area contributed by atoms with Crippen LogP contribution < -0.4 is 11.1 Å². The fraction of sp³-hybridized carbons (Fsp3) is 0.417. The van der Waals surface area contributed by atoms with Crippen LogP contribution >= 0.6 is 15.9 Å². The van der Waals surface area contributed by atoms with E-state index in [0.29, 0.717) is 11.3 Å². The van der Waals surface area contributed by atoms with Crippen LogP contribution in [0.2, 0.25) is 0 Å². The van der Waals surface area contributed by atoms with E-state index in [1.54, 1.807) is 18.2 Å². The minimum absolute atomic E-state index is 0.114. The zero-order valence-corrected chi connectivity index (χ0v) is 11.5. The number of carbonyl (C=O) groups is 1. The van der Waals surface area contributed by atoms with Gasteiger partial charge in [0.1, 0.15) is 0 Å². The first-order valence-electron chi connectivity index (χ1n) is 5.42. The molecule has 1 amide bonds. The zero-order valence-electron chi connectivity index (χ0n) is 9.90. The van der Waals surface area contributed by atoms with Gasteiger partial charge in [0.25, 0.3) is 5.91 Å². The first kappa shape index (κ1) is 14.0. The zero-order chi connectivity index (χ0) is 13.0. The summed E-state index contributed by atoms with van der Waals surface area (Å²) < 4.78 is 0.757. The molecule has 1 rings (SSSR count). The summed E-state index contributed by atoms with van der Waals surface area (Å²) in [7, 11) is 0. The SMILES string of the molecule is CC(C)C(O)CNC(=O)c1cc(N)cc(Br)c1. The van der Waals surface area contributed by atoms with Gasteiger partial charge in [0.2, 0.25) is 0 Å². The normalized spacial score (nSPS) is 12.5. The Hall–Kier alpha value is -1.07. The molecule has 0 saturated heterocycles. The molecule has 5 heteroatoms. The van der Waals surface area contributed by atoms with Crippen LogP contribution in [0.3, 0.4) is 0 Å². The van der Waals surface area contributed by atoms with Gasteiger partial charge in [0.15, 0.2) is 0 Å². The number of rotatable bonds is 4. The number of aliphatic hydroxyl groups excluding tert-OH is 1. The van der Waals surface area contributed by atoms with Crippen molar-refractivity contribution in [2.24, 2.45) is 5.92 Å². The number of hydrogen-bond acceptors (Lipinski definition) is 3. The largest absolute Gasteiger partial charge is 0.399 e. The van der Waals surface area contributed by atoms with Gasteiger partial charge in [-0.3, -0.25) is 4.79 Å². The summed E-state index contributed by atoms with van der Waals surface area (Å²) in [4.78, 5) is 11.8. The van der Waals surface area contributed by atoms with Gasteiger partial charge in [-0.1, -0.05) is 29.8 Å². The number of benzene rings is 1. The third-order valence-electron chi connectivity index (χ3n) is 2.42. The second-order valence-corrected chi connectivity index (χ2v) is 5.21. The lowest BCUT2D eigenvalue weighted by Gasteiger charge is -2.15. The quantitative estimate of drug-likeness (QED) is 0.742. The van der Waals surface area contributed by atoms with Gasteiger partial charge in [-0.2, -0.15) is 0 Å². The van der Waals surface area contributed by atoms with Crippen molar-refractivity contribution in [1.82, 2.24) is 5.32 Å². The first-order valence-corrected chi connectivity index (χ1v) is 6.21. The highest BCUT2D eigenvalue weighted by molar-refractivity contribution is 9.10. The molecule has 0 aromatic heterocycles. The van der Waals surface area contributed by atoms with Gasteiger partial charge in [-0.15, -0.1) is 0 Å². The molecule has 0 radical (unpaired) electrons. The van der Waals surface area contributed by atoms with Crippen molar-refractivity contribution in [3.8, 4) is 0 Å². The molecule has 1 unspecified atom stereocenters. The van der Waals surface area contributed by atoms with E-state index in [2.05, 4.69) is 21.2 Å². The van der Waals surface area contributed by atoms with Crippen molar-refractivity contribution >= 4 is 27.5 Å². The number of carbonyl (C=O) groups excluding carboxylic acids is 1. The van der Waals surface area contributed by atoms with E-state index in [0.717, 1.165) is 4.47 Å². The Morgan fingerprint density at radius 1 is 1.47 bits per heavy atom. The summed E-state index contributed by atoms with van der Waals surface area (Å²) >= 11 is 3.28. The minimum atomic E-state index is -0.538. The molecule has 4 N–H and O–H groups in total. The topological polar surface area (TPSA) is 75.3 Å². The van der Waals surface area contributed by atoms with E-state index in [1.165, 1.54) is 0 Å². The van der Waals surface area contributed by atoms with E-state index >= 15 is 0 Å². The number of hydrogen-bond donors (Lipinski definition) is 3. The van der Waals surface area contributed by atoms with Crippen molar-refractivity contribution in [3.63, 3.8) is 0 Å². The molecule has 0 aliphatic carbocycles. The molecule has 0 saturated carbocycles. The molecule has 0 aliphatic heterocycles. The van der Waals surface area contributed by atoms with Gasteiger partial charge in [-0.25, -0.2) is 0 Å². The molecule has 4 nitrogen and oxygen atoms in total. The predicted octanol–water partition coefficient (Wildman–Crippen LogP) is 1.78. The number of aliphatic hydroxyl groups is 1. The molecule has 0 fully saturated rings. The summed E-state index contributed by atoms with van der Waals surface area (Å²) in [6.45, 7) is 4.03. The van der Waals surface area contributed by atoms with Crippen LogP contribution in [-0.4, -0.2) is 23.7 Å². The molecule has 1 atom stereocenters. The molecule has 0 bridgehead atoms. The van der Waals surface area contributed by atoms with Crippen molar-refractivity contribution in [2.45, 2.75) is 20.0 Å². The fourth-order valence-electron chi connectivity index (χ4n) is 1.28. The van der Waals surface area contributed by atoms with Crippen molar-refractivity contribution in [1.29, 1.82) is 0 Å². The Kier molecular flexibility index (Phi) is 4.96. The third kappa shape index (κ3) is 4.36. The van der Waals surface area contributed by atoms with Crippen LogP contribution in [0.4, 0.5) is 5.69 Å². The maximum absolute atomic E-state index is 11.8. The van der Waals surface area contributed by atoms with E-state index in [1.807, 2.05) is 13.8 Å². The van der Waals surface area contributed by atoms with E-state index in [9.17, 15) is 9.90 Å². The van der Waals surface area contributed by atoms with Gasteiger partial charge in [0, 0.05) is 22.3 Å². The van der Waals surface area contributed by atoms with E-state index < -0.39 is 6.10 Å². The molecule has 17 heavy (non-hydrogen) atoms. The average molecular weight is 301 g/mol. The predicted molar refractivity (Wildman–Crippen MR) is 71.7 cm³/mol. The summed E-state index contributed by atoms with van der Waals surface area (Å²) in [5.41, 5.74) is 6.64. The third-order valence-corrected chi connectivity index (χ3v) is 2.88. The van der Waals surface area contributed by atoms with E-state index in [-0.39, 0.29) is 18.4 Å². The van der Waals surface area contributed by atoms with Gasteiger partial charge >= 0.3 is 0 Å². The van der Waals surface area contributed by atoms with Crippen molar-refractivity contribution < 1.29 is 9.90 Å². The average Bonchev–Trinajstić information content (AvgIpc) is 2.23. The molecule has 0 aliphatic rings. The minimum Gasteiger partial charge on any atom is -0.399 e. The van der Waals surface area contributed by atoms with Crippen LogP contribution in [0.15, 0.2) is 22.7 Å². The number of amides is 1. The monoisotopic (exact) mass is 300 g/mol. The summed E-state index contributed by atoms with van der Waals surface area (Å²) in [5.74, 6) is -0.124. The lowest BCUT2D eigenvalue weighted by Crippen LogP contribution is -2.34. The maximum Gasteiger partial charge on any atom is 0.251 e. The Morgan fingerprint density at radius 3 is 2.65 bits per heavy atom. The molecular weight excluding hydrogens is 284 g/mol. The van der Waals surface area contributed by atoms with Gasteiger partial charge < -0.3 is 16.2 Å². The van der Waals surface area contributed by atoms with Crippen molar-refractivity contribution in [3.05, 3.63) is 28.2 Å². The van der Waals surface area contributed by atoms with Crippen LogP contribution in [0.5, 0.6) is 0 Å². The maximum atomic E-state index is 11.8. The highest BCUT2D eigenvalue weighted by Crippen LogP contribution is 2.17. The first-order chi connectivity index (χ1) is 7.90. The number of anilines is 1. The van der Waals surface area contributed by atoms with Crippen LogP contribution in [0.25, 0.3) is 0 Å². The summed E-state index contributed by atoms with van der Waals surface area (Å²) in [6, 6.07) is 5.01. The number of nitrogens with one attached hydrogen (secondary N) is 1. The highest BCUT2D eigenvalue weighted by Gasteiger charge is 2.12. The molecular formula is C12H17BrN2O2. The highest BCUT2D eigenvalue weighted by atomic mass is 79.9. The Balaban J connectivity index is 2.64. The summed E-state index contributed by atoms with van der Waals surface area (Å²) in [5, 5.41) is 12.3. The molecule has 1 aromatic carbocycles. The summed E-state index contributed by atoms with van der Waals surface area (Å²) in [6.07, 6.45) is -0.538. The van der Waals surface area contributed by atoms with Crippen molar-refractivity contribution in [2.75, 3.05) is 12.3 Å². The lowest BCUT2D eigenvalue weighted by molar-refractivity contribution is 0.0871. The second-order valence-electron chi connectivity index (χ2n) is 4.29. The number of nitrogen functional groups attached to an aromatic ring is 1. The molecule has 94 valence electrons. The Labute approximate surface area is 109 Å². The van der Waals surface area contributed by atoms with Gasteiger partial charge in [0.05, 0.1) is 6.10 Å². The van der Waals surface area contributed by atoms with Crippen LogP contribution in [0.1, 0.15) is 24.2 Å². The van der Waals surface area contributed by atoms with Crippen LogP contribution in [-0.2, 0) is 0 Å². The smallest absolute Gasteiger partial charge is 0.251 e. The number of nitrogens with two attached hydrogens (primary N) is 1. The van der Waals surface area contributed by atoms with Gasteiger partial charge in [-0.05, 0) is 24.1 Å². The second kappa shape index (κ2) is 6.02. The number of halogens is 1. The lowest BCUT2D eigenvalue weighted by atomic mass is 10.1. The fourth-order valence-corrected chi connectivity index (χ4v) is 1.79. The Bertz CT molecular complexity index is 387. The Morgan fingerprint density at radius 2 is 2.12 bits per heavy atom. The molecule has 0 heterocycles. The standard InChI is InChI=1S/C12H17BrN2O2/c1-7(2)11(16)6-15-12(17)8-3-9(13)5-10(14)4-8/h3-5,7,11,16H,6,14H2,1-2H3,(H,15,17). The van der Waals surface area contributed by atoms with E-state index in [4.69, 9.17) is 5.73 Å². The van der Waals surface area contributed by atoms with Crippen LogP contribution in [0, 0.1) is 5.92 Å². The molecule has 1 aromatic rings.